The van der Waals surface area contributed by atoms with E-state index in [-0.39, 0.29) is 33.4 Å². The normalized spacial score (nSPS) is 11.0. The van der Waals surface area contributed by atoms with Crippen LogP contribution in [0, 0.1) is 12.3 Å². The average molecular weight is 320 g/mol. The van der Waals surface area contributed by atoms with E-state index in [4.69, 9.17) is 21.7 Å². The van der Waals surface area contributed by atoms with Crippen molar-refractivity contribution in [2.75, 3.05) is 13.7 Å². The third-order valence-corrected chi connectivity index (χ3v) is 4.26. The molecule has 1 aromatic carbocycles. The number of carbonyl (C=O) groups is 1. The highest BCUT2D eigenvalue weighted by Gasteiger charge is 2.27. The summed E-state index contributed by atoms with van der Waals surface area (Å²) in [6.07, 6.45) is 0. The minimum atomic E-state index is -3.97. The van der Waals surface area contributed by atoms with Gasteiger partial charge in [0.25, 0.3) is 0 Å². The van der Waals surface area contributed by atoms with Crippen LogP contribution in [0.15, 0.2) is 11.0 Å². The molecule has 0 atom stereocenters. The molecule has 1 rings (SSSR count). The standard InChI is InChI=1S/C12H14ClNO5S/c1-4-19-10-9(13)8(12(15)18-3)5-7(2)11(10)20(16,17)6-14/h5-6,14H,4H2,1-3H3. The van der Waals surface area contributed by atoms with Crippen molar-refractivity contribution in [3.63, 3.8) is 0 Å². The predicted molar refractivity (Wildman–Crippen MR) is 74.7 cm³/mol. The van der Waals surface area contributed by atoms with Crippen LogP contribution in [0.25, 0.3) is 0 Å². The Morgan fingerprint density at radius 2 is 2.10 bits per heavy atom. The molecule has 20 heavy (non-hydrogen) atoms. The fourth-order valence-corrected chi connectivity index (χ4v) is 3.07. The van der Waals surface area contributed by atoms with E-state index in [1.807, 2.05) is 0 Å². The molecule has 110 valence electrons. The van der Waals surface area contributed by atoms with Crippen LogP contribution >= 0.6 is 11.6 Å². The van der Waals surface area contributed by atoms with Crippen LogP contribution in [-0.4, -0.2) is 33.7 Å². The summed E-state index contributed by atoms with van der Waals surface area (Å²) in [5.74, 6) is -0.837. The average Bonchev–Trinajstić information content (AvgIpc) is 2.41. The minimum Gasteiger partial charge on any atom is -0.491 e. The molecule has 0 saturated heterocycles. The number of hydrogen-bond acceptors (Lipinski definition) is 6. The minimum absolute atomic E-state index is 0.0130. The molecule has 0 aromatic heterocycles. The Labute approximate surface area is 122 Å². The summed E-state index contributed by atoms with van der Waals surface area (Å²) < 4.78 is 33.7. The molecule has 1 aromatic rings. The van der Waals surface area contributed by atoms with Crippen molar-refractivity contribution < 1.29 is 22.7 Å². The number of hydrogen-bond donors (Lipinski definition) is 1. The first-order chi connectivity index (χ1) is 9.30. The molecule has 0 aliphatic heterocycles. The van der Waals surface area contributed by atoms with Crippen molar-refractivity contribution in [1.82, 2.24) is 0 Å². The van der Waals surface area contributed by atoms with Gasteiger partial charge in [0.05, 0.1) is 24.3 Å². The molecule has 0 radical (unpaired) electrons. The van der Waals surface area contributed by atoms with Gasteiger partial charge in [-0.2, -0.15) is 0 Å². The van der Waals surface area contributed by atoms with Crippen molar-refractivity contribution in [2.45, 2.75) is 18.7 Å². The number of aryl methyl sites for hydroxylation is 1. The maximum atomic E-state index is 11.9. The first-order valence-corrected chi connectivity index (χ1v) is 7.52. The molecule has 0 aliphatic carbocycles. The van der Waals surface area contributed by atoms with Gasteiger partial charge in [0.1, 0.15) is 10.4 Å². The van der Waals surface area contributed by atoms with Crippen molar-refractivity contribution >= 4 is 33.0 Å². The van der Waals surface area contributed by atoms with Crippen LogP contribution < -0.4 is 4.74 Å². The smallest absolute Gasteiger partial charge is 0.339 e. The Bertz CT molecular complexity index is 654. The summed E-state index contributed by atoms with van der Waals surface area (Å²) in [7, 11) is -2.78. The number of sulfone groups is 1. The molecule has 0 saturated carbocycles. The highest BCUT2D eigenvalue weighted by atomic mass is 35.5. The van der Waals surface area contributed by atoms with Crippen molar-refractivity contribution in [2.24, 2.45) is 0 Å². The lowest BCUT2D eigenvalue weighted by Gasteiger charge is -2.15. The molecule has 0 fully saturated rings. The second-order valence-corrected chi connectivity index (χ2v) is 5.91. The number of halogens is 1. The second kappa shape index (κ2) is 6.23. The van der Waals surface area contributed by atoms with Crippen LogP contribution in [0.2, 0.25) is 5.02 Å². The monoisotopic (exact) mass is 319 g/mol. The van der Waals surface area contributed by atoms with Gasteiger partial charge < -0.3 is 9.47 Å². The SMILES string of the molecule is CCOc1c(Cl)c(C(=O)OC)cc(C)c1S(=O)(=O)C=N. The number of rotatable bonds is 5. The van der Waals surface area contributed by atoms with E-state index >= 15 is 0 Å². The van der Waals surface area contributed by atoms with Gasteiger partial charge >= 0.3 is 5.97 Å². The summed E-state index contributed by atoms with van der Waals surface area (Å²) >= 11 is 6.04. The number of carbonyl (C=O) groups excluding carboxylic acids is 1. The lowest BCUT2D eigenvalue weighted by Crippen LogP contribution is -2.11. The zero-order valence-corrected chi connectivity index (χ0v) is 12.8. The van der Waals surface area contributed by atoms with Crippen LogP contribution in [0.5, 0.6) is 5.75 Å². The highest BCUT2D eigenvalue weighted by molar-refractivity contribution is 8.04. The van der Waals surface area contributed by atoms with E-state index in [1.165, 1.54) is 20.1 Å². The van der Waals surface area contributed by atoms with Crippen molar-refractivity contribution in [3.05, 3.63) is 22.2 Å². The number of benzene rings is 1. The Hall–Kier alpha value is -1.60. The second-order valence-electron chi connectivity index (χ2n) is 3.80. The number of esters is 1. The Morgan fingerprint density at radius 1 is 1.50 bits per heavy atom. The molecule has 0 bridgehead atoms. The molecule has 0 amide bonds. The largest absolute Gasteiger partial charge is 0.491 e. The molecule has 1 N–H and O–H groups in total. The third kappa shape index (κ3) is 2.94. The van der Waals surface area contributed by atoms with E-state index in [9.17, 15) is 13.2 Å². The molecule has 0 aliphatic rings. The van der Waals surface area contributed by atoms with Crippen LogP contribution in [-0.2, 0) is 14.6 Å². The Balaban J connectivity index is 3.75. The number of methoxy groups -OCH3 is 1. The van der Waals surface area contributed by atoms with Crippen molar-refractivity contribution in [1.29, 1.82) is 5.41 Å². The maximum absolute atomic E-state index is 11.9. The quantitative estimate of drug-likeness (QED) is 0.510. The molecule has 0 spiro atoms. The molecule has 0 heterocycles. The number of ether oxygens (including phenoxy) is 2. The van der Waals surface area contributed by atoms with E-state index in [0.717, 1.165) is 0 Å². The molecule has 0 unspecified atom stereocenters. The van der Waals surface area contributed by atoms with E-state index < -0.39 is 15.8 Å². The lowest BCUT2D eigenvalue weighted by atomic mass is 10.1. The Morgan fingerprint density at radius 3 is 2.55 bits per heavy atom. The van der Waals surface area contributed by atoms with Crippen LogP contribution in [0.3, 0.4) is 0 Å². The summed E-state index contributed by atoms with van der Waals surface area (Å²) in [6, 6.07) is 1.30. The van der Waals surface area contributed by atoms with Gasteiger partial charge in [-0.25, -0.2) is 13.2 Å². The number of nitrogens with one attached hydrogen (secondary N) is 1. The van der Waals surface area contributed by atoms with Gasteiger partial charge in [-0.3, -0.25) is 5.41 Å². The van der Waals surface area contributed by atoms with Crippen molar-refractivity contribution in [3.8, 4) is 5.75 Å². The highest BCUT2D eigenvalue weighted by Crippen LogP contribution is 2.38. The lowest BCUT2D eigenvalue weighted by molar-refractivity contribution is 0.0600. The molecule has 6 nitrogen and oxygen atoms in total. The third-order valence-electron chi connectivity index (χ3n) is 2.49. The first kappa shape index (κ1) is 16.5. The zero-order valence-electron chi connectivity index (χ0n) is 11.2. The van der Waals surface area contributed by atoms with E-state index in [1.54, 1.807) is 6.92 Å². The topological polar surface area (TPSA) is 93.5 Å². The predicted octanol–water partition coefficient (Wildman–Crippen LogP) is 2.21. The zero-order chi connectivity index (χ0) is 15.5. The van der Waals surface area contributed by atoms with Crippen LogP contribution in [0.4, 0.5) is 0 Å². The van der Waals surface area contributed by atoms with Gasteiger partial charge in [-0.15, -0.1) is 0 Å². The fraction of sp³-hybridized carbons (Fsp3) is 0.333. The summed E-state index contributed by atoms with van der Waals surface area (Å²) in [5, 5.41) is 6.86. The molecular weight excluding hydrogens is 306 g/mol. The first-order valence-electron chi connectivity index (χ1n) is 5.59. The Kier molecular flexibility index (Phi) is 5.13. The van der Waals surface area contributed by atoms with Gasteiger partial charge in [0.15, 0.2) is 5.75 Å². The fourth-order valence-electron chi connectivity index (χ4n) is 1.69. The summed E-state index contributed by atoms with van der Waals surface area (Å²) in [6.45, 7) is 3.29. The maximum Gasteiger partial charge on any atom is 0.339 e. The van der Waals surface area contributed by atoms with Gasteiger partial charge in [-0.05, 0) is 25.5 Å². The molecule has 8 heteroatoms. The van der Waals surface area contributed by atoms with E-state index in [2.05, 4.69) is 4.74 Å². The summed E-state index contributed by atoms with van der Waals surface area (Å²) in [4.78, 5) is 11.4. The van der Waals surface area contributed by atoms with Crippen LogP contribution in [0.1, 0.15) is 22.8 Å². The van der Waals surface area contributed by atoms with Gasteiger partial charge in [-0.1, -0.05) is 11.6 Å². The molecular formula is C12H14ClNO5S. The summed E-state index contributed by atoms with van der Waals surface area (Å²) in [5.41, 5.74) is 0.576. The van der Waals surface area contributed by atoms with Gasteiger partial charge in [0.2, 0.25) is 9.84 Å². The van der Waals surface area contributed by atoms with E-state index in [0.29, 0.717) is 5.55 Å². The van der Waals surface area contributed by atoms with Gasteiger partial charge in [0, 0.05) is 0 Å².